The van der Waals surface area contributed by atoms with Crippen molar-refractivity contribution in [2.24, 2.45) is 0 Å². The fraction of sp³-hybridized carbons (Fsp3) is 0.417. The highest BCUT2D eigenvalue weighted by molar-refractivity contribution is 5.66. The van der Waals surface area contributed by atoms with Gasteiger partial charge in [-0.25, -0.2) is 0 Å². The molecule has 0 saturated heterocycles. The molecule has 1 N–H and O–H groups in total. The van der Waals surface area contributed by atoms with Gasteiger partial charge in [0.05, 0.1) is 7.11 Å². The van der Waals surface area contributed by atoms with Gasteiger partial charge in [0.1, 0.15) is 0 Å². The van der Waals surface area contributed by atoms with Crippen LogP contribution in [0.15, 0.2) is 18.2 Å². The Morgan fingerprint density at radius 3 is 2.67 bits per heavy atom. The van der Waals surface area contributed by atoms with Crippen molar-refractivity contribution in [1.29, 1.82) is 0 Å². The van der Waals surface area contributed by atoms with E-state index in [2.05, 4.69) is 4.74 Å². The highest BCUT2D eigenvalue weighted by Gasteiger charge is 2.11. The van der Waals surface area contributed by atoms with Crippen LogP contribution in [0, 0.1) is 0 Å². The third-order valence-corrected chi connectivity index (χ3v) is 2.30. The predicted octanol–water partition coefficient (Wildman–Crippen LogP) is 2.70. The molecule has 18 heavy (non-hydrogen) atoms. The number of hydrogen-bond acceptors (Lipinski definition) is 3. The van der Waals surface area contributed by atoms with E-state index in [1.165, 1.54) is 19.2 Å². The summed E-state index contributed by atoms with van der Waals surface area (Å²) in [6.07, 6.45) is 0.961. The highest BCUT2D eigenvalue weighted by Crippen LogP contribution is 2.29. The minimum atomic E-state index is -2.92. The summed E-state index contributed by atoms with van der Waals surface area (Å²) in [7, 11) is 1.36. The molecule has 0 unspecified atom stereocenters. The zero-order valence-corrected chi connectivity index (χ0v) is 9.86. The molecule has 0 spiro atoms. The predicted molar refractivity (Wildman–Crippen MR) is 60.2 cm³/mol. The first kappa shape index (κ1) is 14.2. The number of halogens is 2. The molecule has 0 radical (unpaired) electrons. The van der Waals surface area contributed by atoms with Crippen LogP contribution in [0.5, 0.6) is 11.5 Å². The first-order valence-electron chi connectivity index (χ1n) is 5.36. The van der Waals surface area contributed by atoms with Crippen molar-refractivity contribution >= 4 is 5.97 Å². The van der Waals surface area contributed by atoms with Gasteiger partial charge in [0.15, 0.2) is 11.5 Å². The summed E-state index contributed by atoms with van der Waals surface area (Å²) in [6, 6.07) is 4.65. The van der Waals surface area contributed by atoms with E-state index in [0.29, 0.717) is 12.8 Å². The van der Waals surface area contributed by atoms with Crippen LogP contribution in [0.3, 0.4) is 0 Å². The summed E-state index contributed by atoms with van der Waals surface area (Å²) in [5.41, 5.74) is 0.729. The van der Waals surface area contributed by atoms with Gasteiger partial charge in [-0.3, -0.25) is 4.79 Å². The molecular formula is C12H14F2O4. The molecule has 0 fully saturated rings. The Hall–Kier alpha value is -1.85. The molecule has 0 saturated carbocycles. The Morgan fingerprint density at radius 1 is 1.39 bits per heavy atom. The second kappa shape index (κ2) is 6.78. The Balaban J connectivity index is 2.72. The monoisotopic (exact) mass is 260 g/mol. The van der Waals surface area contributed by atoms with Gasteiger partial charge in [-0.1, -0.05) is 6.07 Å². The second-order valence-corrected chi connectivity index (χ2v) is 3.61. The number of rotatable bonds is 7. The van der Waals surface area contributed by atoms with E-state index in [-0.39, 0.29) is 17.9 Å². The third-order valence-electron chi connectivity index (χ3n) is 2.30. The molecule has 0 aliphatic heterocycles. The van der Waals surface area contributed by atoms with Crippen molar-refractivity contribution in [3.8, 4) is 11.5 Å². The van der Waals surface area contributed by atoms with E-state index >= 15 is 0 Å². The molecule has 0 aliphatic rings. The number of methoxy groups -OCH3 is 1. The maximum Gasteiger partial charge on any atom is 0.387 e. The average molecular weight is 260 g/mol. The van der Waals surface area contributed by atoms with E-state index in [4.69, 9.17) is 9.84 Å². The summed E-state index contributed by atoms with van der Waals surface area (Å²) in [5, 5.41) is 8.50. The van der Waals surface area contributed by atoms with Crippen LogP contribution < -0.4 is 9.47 Å². The number of hydrogen-bond donors (Lipinski definition) is 1. The minimum Gasteiger partial charge on any atom is -0.493 e. The molecule has 6 heteroatoms. The van der Waals surface area contributed by atoms with Crippen molar-refractivity contribution < 1.29 is 28.2 Å². The van der Waals surface area contributed by atoms with Crippen LogP contribution >= 0.6 is 0 Å². The lowest BCUT2D eigenvalue weighted by molar-refractivity contribution is -0.137. The zero-order valence-electron chi connectivity index (χ0n) is 9.86. The Bertz CT molecular complexity index is 407. The maximum atomic E-state index is 12.2. The van der Waals surface area contributed by atoms with E-state index < -0.39 is 12.6 Å². The molecule has 0 aliphatic carbocycles. The van der Waals surface area contributed by atoms with Crippen LogP contribution in [-0.2, 0) is 11.2 Å². The van der Waals surface area contributed by atoms with Gasteiger partial charge < -0.3 is 14.6 Å². The number of aryl methyl sites for hydroxylation is 1. The standard InChI is InChI=1S/C12H14F2O4/c1-17-9-6-5-8(3-2-4-11(15)16)7-10(9)18-12(13)14/h5-7,12H,2-4H2,1H3,(H,15,16). The van der Waals surface area contributed by atoms with Gasteiger partial charge in [0.2, 0.25) is 0 Å². The van der Waals surface area contributed by atoms with Crippen molar-refractivity contribution in [2.45, 2.75) is 25.9 Å². The Kier molecular flexibility index (Phi) is 5.35. The number of aliphatic carboxylic acids is 1. The van der Waals surface area contributed by atoms with E-state index in [9.17, 15) is 13.6 Å². The molecule has 0 aromatic heterocycles. The fourth-order valence-corrected chi connectivity index (χ4v) is 1.51. The molecule has 100 valence electrons. The molecule has 0 bridgehead atoms. The molecule has 1 aromatic rings. The summed E-state index contributed by atoms with van der Waals surface area (Å²) in [6.45, 7) is -2.92. The second-order valence-electron chi connectivity index (χ2n) is 3.61. The van der Waals surface area contributed by atoms with Gasteiger partial charge >= 0.3 is 12.6 Å². The molecular weight excluding hydrogens is 246 g/mol. The summed E-state index contributed by atoms with van der Waals surface area (Å²) >= 11 is 0. The fourth-order valence-electron chi connectivity index (χ4n) is 1.51. The van der Waals surface area contributed by atoms with Gasteiger partial charge in [-0.2, -0.15) is 8.78 Å². The molecule has 1 aromatic carbocycles. The molecule has 0 atom stereocenters. The van der Waals surface area contributed by atoms with Crippen molar-refractivity contribution in [3.05, 3.63) is 23.8 Å². The van der Waals surface area contributed by atoms with Crippen molar-refractivity contribution in [1.82, 2.24) is 0 Å². The SMILES string of the molecule is COc1ccc(CCCC(=O)O)cc1OC(F)F. The number of alkyl halides is 2. The quantitative estimate of drug-likeness (QED) is 0.819. The normalized spacial score (nSPS) is 10.4. The van der Waals surface area contributed by atoms with Crippen molar-refractivity contribution in [3.63, 3.8) is 0 Å². The largest absolute Gasteiger partial charge is 0.493 e. The van der Waals surface area contributed by atoms with Crippen LogP contribution in [0.25, 0.3) is 0 Å². The van der Waals surface area contributed by atoms with Crippen LogP contribution in [0.1, 0.15) is 18.4 Å². The molecule has 0 amide bonds. The Labute approximate surface area is 103 Å². The lowest BCUT2D eigenvalue weighted by atomic mass is 10.1. The lowest BCUT2D eigenvalue weighted by Crippen LogP contribution is -2.04. The van der Waals surface area contributed by atoms with Crippen LogP contribution in [0.2, 0.25) is 0 Å². The smallest absolute Gasteiger partial charge is 0.387 e. The van der Waals surface area contributed by atoms with Crippen LogP contribution in [0.4, 0.5) is 8.78 Å². The first-order valence-corrected chi connectivity index (χ1v) is 5.36. The molecule has 0 heterocycles. The van der Waals surface area contributed by atoms with Gasteiger partial charge in [0, 0.05) is 6.42 Å². The van der Waals surface area contributed by atoms with Gasteiger partial charge in [-0.15, -0.1) is 0 Å². The Morgan fingerprint density at radius 2 is 2.11 bits per heavy atom. The third kappa shape index (κ3) is 4.57. The number of benzene rings is 1. The maximum absolute atomic E-state index is 12.2. The number of carbonyl (C=O) groups is 1. The van der Waals surface area contributed by atoms with E-state index in [1.54, 1.807) is 6.07 Å². The van der Waals surface area contributed by atoms with Gasteiger partial charge in [0.25, 0.3) is 0 Å². The lowest BCUT2D eigenvalue weighted by Gasteiger charge is -2.11. The van der Waals surface area contributed by atoms with Crippen molar-refractivity contribution in [2.75, 3.05) is 7.11 Å². The van der Waals surface area contributed by atoms with E-state index in [0.717, 1.165) is 5.56 Å². The number of ether oxygens (including phenoxy) is 2. The molecule has 1 rings (SSSR count). The summed E-state index contributed by atoms with van der Waals surface area (Å²) in [4.78, 5) is 10.4. The molecule has 4 nitrogen and oxygen atoms in total. The highest BCUT2D eigenvalue weighted by atomic mass is 19.3. The van der Waals surface area contributed by atoms with Gasteiger partial charge in [-0.05, 0) is 30.5 Å². The summed E-state index contributed by atoms with van der Waals surface area (Å²) in [5.74, 6) is -0.704. The number of carboxylic acids is 1. The average Bonchev–Trinajstić information content (AvgIpc) is 2.28. The van der Waals surface area contributed by atoms with Crippen LogP contribution in [-0.4, -0.2) is 24.8 Å². The minimum absolute atomic E-state index is 0.0388. The topological polar surface area (TPSA) is 55.8 Å². The number of carboxylic acid groups (broad SMARTS) is 1. The van der Waals surface area contributed by atoms with E-state index in [1.807, 2.05) is 0 Å². The zero-order chi connectivity index (χ0) is 13.5. The first-order chi connectivity index (χ1) is 8.52. The summed E-state index contributed by atoms with van der Waals surface area (Å²) < 4.78 is 33.6.